The monoisotopic (exact) mass is 529 g/mol. The molecule has 0 radical (unpaired) electrons. The number of nitrogens with one attached hydrogen (secondary N) is 1. The van der Waals surface area contributed by atoms with Gasteiger partial charge in [0.25, 0.3) is 0 Å². The van der Waals surface area contributed by atoms with Gasteiger partial charge < -0.3 is 29.9 Å². The van der Waals surface area contributed by atoms with E-state index in [4.69, 9.17) is 14.0 Å². The molecule has 5 atom stereocenters. The van der Waals surface area contributed by atoms with Gasteiger partial charge in [0, 0.05) is 31.8 Å². The summed E-state index contributed by atoms with van der Waals surface area (Å²) in [6.45, 7) is 2.59. The Morgan fingerprint density at radius 1 is 1.29 bits per heavy atom. The third-order valence-electron chi connectivity index (χ3n) is 5.24. The van der Waals surface area contributed by atoms with Crippen LogP contribution < -0.4 is 5.32 Å². The second-order valence-corrected chi connectivity index (χ2v) is 10.5. The van der Waals surface area contributed by atoms with Gasteiger partial charge in [0.2, 0.25) is 0 Å². The molecule has 0 spiro atoms. The zero-order valence-corrected chi connectivity index (χ0v) is 20.9. The highest BCUT2D eigenvalue weighted by Crippen LogP contribution is 2.44. The van der Waals surface area contributed by atoms with Crippen LogP contribution >= 0.6 is 19.5 Å². The van der Waals surface area contributed by atoms with Crippen molar-refractivity contribution in [1.82, 2.24) is 28.8 Å². The quantitative estimate of drug-likeness (QED) is 0.112. The first-order valence-corrected chi connectivity index (χ1v) is 13.4. The van der Waals surface area contributed by atoms with Crippen molar-refractivity contribution in [3.63, 3.8) is 0 Å². The molecule has 1 aliphatic heterocycles. The molecule has 1 unspecified atom stereocenters. The lowest BCUT2D eigenvalue weighted by atomic mass is 10.1. The molecule has 14 nitrogen and oxygen atoms in total. The van der Waals surface area contributed by atoms with Gasteiger partial charge in [0.15, 0.2) is 28.4 Å². The van der Waals surface area contributed by atoms with Crippen LogP contribution in [0.15, 0.2) is 30.2 Å². The number of fused-ring (bicyclic) bond motifs is 1. The van der Waals surface area contributed by atoms with Crippen molar-refractivity contribution in [2.45, 2.75) is 43.0 Å². The van der Waals surface area contributed by atoms with Crippen LogP contribution in [-0.2, 0) is 18.6 Å². The summed E-state index contributed by atoms with van der Waals surface area (Å²) in [4.78, 5) is 27.4. The van der Waals surface area contributed by atoms with Crippen molar-refractivity contribution in [2.75, 3.05) is 37.9 Å². The molecule has 0 bridgehead atoms. The Bertz CT molecular complexity index is 1160. The summed E-state index contributed by atoms with van der Waals surface area (Å²) in [6, 6.07) is 0. The van der Waals surface area contributed by atoms with E-state index in [1.807, 2.05) is 0 Å². The predicted octanol–water partition coefficient (Wildman–Crippen LogP) is 0.868. The average molecular weight is 530 g/mol. The number of aliphatic hydroxyl groups is 2. The molecule has 0 amide bonds. The normalized spacial score (nSPS) is 24.1. The maximum absolute atomic E-state index is 12.4. The fourth-order valence-corrected chi connectivity index (χ4v) is 5.06. The minimum atomic E-state index is -4.23. The maximum atomic E-state index is 12.4. The fourth-order valence-electron chi connectivity index (χ4n) is 3.47. The van der Waals surface area contributed by atoms with Crippen LogP contribution in [0, 0.1) is 0 Å². The number of thioether (sulfide) groups is 1. The van der Waals surface area contributed by atoms with Crippen LogP contribution in [-0.4, -0.2) is 94.9 Å². The van der Waals surface area contributed by atoms with Crippen molar-refractivity contribution >= 4 is 36.5 Å². The topological polar surface area (TPSA) is 179 Å². The van der Waals surface area contributed by atoms with E-state index in [-0.39, 0.29) is 0 Å². The molecular weight excluding hydrogens is 501 g/mol. The molecule has 0 saturated carbocycles. The summed E-state index contributed by atoms with van der Waals surface area (Å²) >= 11 is 1.48. The molecule has 0 aliphatic carbocycles. The van der Waals surface area contributed by atoms with E-state index < -0.39 is 38.9 Å². The van der Waals surface area contributed by atoms with Crippen molar-refractivity contribution in [1.29, 1.82) is 0 Å². The third-order valence-corrected chi connectivity index (χ3v) is 7.59. The van der Waals surface area contributed by atoms with Gasteiger partial charge in [-0.1, -0.05) is 18.7 Å². The lowest BCUT2D eigenvalue weighted by Gasteiger charge is -2.18. The molecule has 1 saturated heterocycles. The van der Waals surface area contributed by atoms with E-state index in [1.165, 1.54) is 35.0 Å². The molecule has 3 aromatic heterocycles. The minimum Gasteiger partial charge on any atom is -0.387 e. The first-order valence-electron chi connectivity index (χ1n) is 10.9. The molecule has 35 heavy (non-hydrogen) atoms. The fraction of sp³-hybridized carbons (Fsp3) is 0.579. The highest BCUT2D eigenvalue weighted by Gasteiger charge is 2.45. The van der Waals surface area contributed by atoms with Gasteiger partial charge in [-0.3, -0.25) is 9.09 Å². The summed E-state index contributed by atoms with van der Waals surface area (Å²) in [6.07, 6.45) is 1.28. The number of aliphatic hydroxyl groups excluding tert-OH is 2. The molecule has 16 heteroatoms. The van der Waals surface area contributed by atoms with E-state index in [1.54, 1.807) is 7.11 Å². The molecule has 3 aromatic rings. The average Bonchev–Trinajstić information content (AvgIpc) is 3.58. The minimum absolute atomic E-state index is 0.405. The zero-order valence-electron chi connectivity index (χ0n) is 19.2. The van der Waals surface area contributed by atoms with E-state index >= 15 is 0 Å². The van der Waals surface area contributed by atoms with Crippen molar-refractivity contribution in [3.8, 4) is 0 Å². The third kappa shape index (κ3) is 5.67. The number of hydrogen-bond donors (Lipinski definition) is 4. The van der Waals surface area contributed by atoms with Gasteiger partial charge in [-0.15, -0.1) is 0 Å². The number of anilines is 1. The summed E-state index contributed by atoms with van der Waals surface area (Å²) in [5.41, 5.74) is 0.870. The molecule has 4 rings (SSSR count). The molecule has 4 heterocycles. The first-order chi connectivity index (χ1) is 16.9. The number of hydrogen-bond acceptors (Lipinski definition) is 12. The van der Waals surface area contributed by atoms with E-state index in [0.29, 0.717) is 35.3 Å². The Morgan fingerprint density at radius 3 is 2.83 bits per heavy atom. The summed E-state index contributed by atoms with van der Waals surface area (Å²) < 4.78 is 30.9. The molecule has 1 aliphatic rings. The number of methoxy groups -OCH3 is 1. The molecule has 1 fully saturated rings. The largest absolute Gasteiger partial charge is 0.437 e. The number of nitrogens with zero attached hydrogens (tertiary/aromatic N) is 6. The summed E-state index contributed by atoms with van der Waals surface area (Å²) in [5, 5.41) is 25.0. The molecule has 192 valence electrons. The molecule has 0 aromatic carbocycles. The van der Waals surface area contributed by atoms with Gasteiger partial charge in [-0.25, -0.2) is 28.8 Å². The second-order valence-electron chi connectivity index (χ2n) is 7.72. The number of aromatic nitrogens is 6. The van der Waals surface area contributed by atoms with Crippen molar-refractivity contribution in [2.24, 2.45) is 0 Å². The van der Waals surface area contributed by atoms with Crippen molar-refractivity contribution in [3.05, 3.63) is 25.0 Å². The van der Waals surface area contributed by atoms with E-state index in [0.717, 1.165) is 22.8 Å². The molecular formula is C19H28N7O7PS. The second kappa shape index (κ2) is 11.3. The van der Waals surface area contributed by atoms with Gasteiger partial charge in [-0.2, -0.15) is 0 Å². The number of imidazole rings is 2. The van der Waals surface area contributed by atoms with E-state index in [2.05, 4.69) is 32.2 Å². The van der Waals surface area contributed by atoms with Gasteiger partial charge >= 0.3 is 7.75 Å². The Labute approximate surface area is 205 Å². The van der Waals surface area contributed by atoms with E-state index in [9.17, 15) is 19.7 Å². The number of ether oxygens (including phenoxy) is 2. The Kier molecular flexibility index (Phi) is 8.39. The lowest BCUT2D eigenvalue weighted by Crippen LogP contribution is -2.33. The van der Waals surface area contributed by atoms with Crippen LogP contribution in [0.2, 0.25) is 0 Å². The van der Waals surface area contributed by atoms with Crippen LogP contribution in [0.4, 0.5) is 5.82 Å². The summed E-state index contributed by atoms with van der Waals surface area (Å²) in [7, 11) is -2.63. The smallest absolute Gasteiger partial charge is 0.387 e. The van der Waals surface area contributed by atoms with Crippen LogP contribution in [0.1, 0.15) is 19.6 Å². The Morgan fingerprint density at radius 2 is 2.11 bits per heavy atom. The SMILES string of the molecule is CCCSc1nc(NCCOC)c2ncn([C@@H]3O[C@H](COP(=O)(O)n4ccnc4)[C@@H](O)[C@H]3O)c2n1. The van der Waals surface area contributed by atoms with Crippen LogP contribution in [0.3, 0.4) is 0 Å². The summed E-state index contributed by atoms with van der Waals surface area (Å²) in [5.74, 6) is 1.33. The standard InChI is InChI=1S/C19H28N7O7PS/c1-3-8-35-19-23-16(21-5-7-31-2)13-17(24-19)26(11-22-13)18-15(28)14(27)12(33-18)9-32-34(29,30)25-6-4-20-10-25/h4,6,10-12,14-15,18,27-28H,3,5,7-9H2,1-2H3,(H,29,30)(H,21,23,24)/t12-,14-,15-,18-/m1/s1. The number of rotatable bonds is 12. The maximum Gasteiger partial charge on any atom is 0.437 e. The molecule has 4 N–H and O–H groups in total. The zero-order chi connectivity index (χ0) is 25.0. The predicted molar refractivity (Wildman–Crippen MR) is 126 cm³/mol. The highest BCUT2D eigenvalue weighted by molar-refractivity contribution is 7.99. The van der Waals surface area contributed by atoms with Gasteiger partial charge in [-0.05, 0) is 6.42 Å². The van der Waals surface area contributed by atoms with Gasteiger partial charge in [0.05, 0.1) is 19.5 Å². The lowest BCUT2D eigenvalue weighted by molar-refractivity contribution is -0.0487. The van der Waals surface area contributed by atoms with Crippen LogP contribution in [0.25, 0.3) is 11.2 Å². The van der Waals surface area contributed by atoms with Crippen molar-refractivity contribution < 1.29 is 33.7 Å². The first kappa shape index (κ1) is 26.0. The highest BCUT2D eigenvalue weighted by atomic mass is 32.2. The van der Waals surface area contributed by atoms with Crippen LogP contribution in [0.5, 0.6) is 0 Å². The van der Waals surface area contributed by atoms with Gasteiger partial charge in [0.1, 0.15) is 24.6 Å². The Balaban J connectivity index is 1.56. The Hall–Kier alpha value is -2.10.